The van der Waals surface area contributed by atoms with E-state index in [9.17, 15) is 4.79 Å². The standard InChI is InChI=1S/C12H14Cl2N2O2/c1-16(7-8-3-2-4-18-8)12(17)9-5-11(14)15-6-10(9)13/h5-6,8H,2-4,7H2,1H3. The van der Waals surface area contributed by atoms with Crippen LogP contribution in [-0.2, 0) is 4.74 Å². The molecule has 0 radical (unpaired) electrons. The van der Waals surface area contributed by atoms with E-state index in [0.717, 1.165) is 19.4 Å². The molecule has 0 spiro atoms. The van der Waals surface area contributed by atoms with E-state index in [1.165, 1.54) is 12.3 Å². The van der Waals surface area contributed by atoms with Crippen molar-refractivity contribution in [3.63, 3.8) is 0 Å². The zero-order valence-corrected chi connectivity index (χ0v) is 11.5. The zero-order chi connectivity index (χ0) is 13.1. The highest BCUT2D eigenvalue weighted by molar-refractivity contribution is 6.35. The molecule has 0 N–H and O–H groups in total. The summed E-state index contributed by atoms with van der Waals surface area (Å²) in [5.74, 6) is -0.167. The molecule has 4 nitrogen and oxygen atoms in total. The van der Waals surface area contributed by atoms with Crippen molar-refractivity contribution in [2.75, 3.05) is 20.2 Å². The van der Waals surface area contributed by atoms with Crippen molar-refractivity contribution >= 4 is 29.1 Å². The summed E-state index contributed by atoms with van der Waals surface area (Å²) < 4.78 is 5.50. The minimum absolute atomic E-state index is 0.120. The third-order valence-corrected chi connectivity index (χ3v) is 3.41. The maximum absolute atomic E-state index is 12.2. The Labute approximate surface area is 116 Å². The molecule has 0 saturated carbocycles. The molecule has 1 aromatic heterocycles. The number of hydrogen-bond acceptors (Lipinski definition) is 3. The van der Waals surface area contributed by atoms with Crippen molar-refractivity contribution in [1.82, 2.24) is 9.88 Å². The highest BCUT2D eigenvalue weighted by Gasteiger charge is 2.22. The molecular formula is C12H14Cl2N2O2. The van der Waals surface area contributed by atoms with E-state index >= 15 is 0 Å². The lowest BCUT2D eigenvalue weighted by atomic mass is 10.2. The van der Waals surface area contributed by atoms with Crippen LogP contribution >= 0.6 is 23.2 Å². The molecule has 1 aliphatic heterocycles. The Hall–Kier alpha value is -0.840. The lowest BCUT2D eigenvalue weighted by Gasteiger charge is -2.21. The van der Waals surface area contributed by atoms with E-state index in [-0.39, 0.29) is 17.2 Å². The lowest BCUT2D eigenvalue weighted by molar-refractivity contribution is 0.0587. The number of pyridine rings is 1. The normalized spacial score (nSPS) is 18.9. The van der Waals surface area contributed by atoms with Crippen LogP contribution in [0, 0.1) is 0 Å². The van der Waals surface area contributed by atoms with Gasteiger partial charge in [0.25, 0.3) is 5.91 Å². The minimum Gasteiger partial charge on any atom is -0.376 e. The van der Waals surface area contributed by atoms with Gasteiger partial charge in [0.05, 0.1) is 16.7 Å². The van der Waals surface area contributed by atoms with Gasteiger partial charge in [-0.3, -0.25) is 4.79 Å². The largest absolute Gasteiger partial charge is 0.376 e. The molecule has 2 rings (SSSR count). The summed E-state index contributed by atoms with van der Waals surface area (Å²) in [6, 6.07) is 1.48. The molecule has 18 heavy (non-hydrogen) atoms. The second kappa shape index (κ2) is 5.87. The Kier molecular flexibility index (Phi) is 4.43. The molecule has 1 aromatic rings. The molecule has 2 heterocycles. The van der Waals surface area contributed by atoms with Crippen molar-refractivity contribution < 1.29 is 9.53 Å². The van der Waals surface area contributed by atoms with Gasteiger partial charge in [-0.25, -0.2) is 4.98 Å². The fraction of sp³-hybridized carbons (Fsp3) is 0.500. The first-order valence-corrected chi connectivity index (χ1v) is 6.51. The highest BCUT2D eigenvalue weighted by atomic mass is 35.5. The number of likely N-dealkylation sites (N-methyl/N-ethyl adjacent to an activating group) is 1. The summed E-state index contributed by atoms with van der Waals surface area (Å²) in [5.41, 5.74) is 0.372. The van der Waals surface area contributed by atoms with Gasteiger partial charge in [0.15, 0.2) is 0 Å². The molecular weight excluding hydrogens is 275 g/mol. The van der Waals surface area contributed by atoms with Crippen molar-refractivity contribution in [3.05, 3.63) is 28.0 Å². The fourth-order valence-electron chi connectivity index (χ4n) is 1.96. The van der Waals surface area contributed by atoms with Crippen molar-refractivity contribution in [3.8, 4) is 0 Å². The predicted octanol–water partition coefficient (Wildman–Crippen LogP) is 2.64. The van der Waals surface area contributed by atoms with Crippen LogP contribution in [0.15, 0.2) is 12.3 Å². The first-order valence-electron chi connectivity index (χ1n) is 5.76. The molecule has 1 amide bonds. The average Bonchev–Trinajstić information content (AvgIpc) is 2.84. The Bertz CT molecular complexity index is 448. The van der Waals surface area contributed by atoms with Crippen LogP contribution in [0.25, 0.3) is 0 Å². The smallest absolute Gasteiger partial charge is 0.255 e. The van der Waals surface area contributed by atoms with Gasteiger partial charge in [0, 0.05) is 26.4 Å². The first kappa shape index (κ1) is 13.6. The summed E-state index contributed by atoms with van der Waals surface area (Å²) in [6.45, 7) is 1.34. The SMILES string of the molecule is CN(CC1CCCO1)C(=O)c1cc(Cl)ncc1Cl. The molecule has 0 aliphatic carbocycles. The predicted molar refractivity (Wildman–Crippen MR) is 70.2 cm³/mol. The third kappa shape index (κ3) is 3.13. The summed E-state index contributed by atoms with van der Waals surface area (Å²) in [5, 5.41) is 0.567. The third-order valence-electron chi connectivity index (χ3n) is 2.90. The summed E-state index contributed by atoms with van der Waals surface area (Å²) in [6.07, 6.45) is 3.55. The zero-order valence-electron chi connectivity index (χ0n) is 10.0. The number of nitrogens with zero attached hydrogens (tertiary/aromatic N) is 2. The van der Waals surface area contributed by atoms with Crippen molar-refractivity contribution in [2.24, 2.45) is 0 Å². The van der Waals surface area contributed by atoms with Crippen LogP contribution in [0.5, 0.6) is 0 Å². The van der Waals surface area contributed by atoms with Crippen LogP contribution in [0.1, 0.15) is 23.2 Å². The first-order chi connectivity index (χ1) is 8.58. The van der Waals surface area contributed by atoms with Gasteiger partial charge >= 0.3 is 0 Å². The molecule has 0 aromatic carbocycles. The van der Waals surface area contributed by atoms with E-state index in [2.05, 4.69) is 4.98 Å². The maximum Gasteiger partial charge on any atom is 0.255 e. The van der Waals surface area contributed by atoms with E-state index < -0.39 is 0 Å². The molecule has 1 atom stereocenters. The van der Waals surface area contributed by atoms with Crippen molar-refractivity contribution in [1.29, 1.82) is 0 Å². The van der Waals surface area contributed by atoms with Gasteiger partial charge < -0.3 is 9.64 Å². The monoisotopic (exact) mass is 288 g/mol. The van der Waals surface area contributed by atoms with Gasteiger partial charge in [-0.2, -0.15) is 0 Å². The van der Waals surface area contributed by atoms with Crippen LogP contribution < -0.4 is 0 Å². The number of aromatic nitrogens is 1. The van der Waals surface area contributed by atoms with Gasteiger partial charge in [-0.05, 0) is 18.9 Å². The Balaban J connectivity index is 2.07. The number of halogens is 2. The van der Waals surface area contributed by atoms with Gasteiger partial charge in [-0.15, -0.1) is 0 Å². The number of amides is 1. The molecule has 1 aliphatic rings. The summed E-state index contributed by atoms with van der Waals surface area (Å²) >= 11 is 11.7. The van der Waals surface area contributed by atoms with Crippen LogP contribution in [0.2, 0.25) is 10.2 Å². The number of carbonyl (C=O) groups excluding carboxylic acids is 1. The van der Waals surface area contributed by atoms with E-state index in [1.807, 2.05) is 0 Å². The summed E-state index contributed by atoms with van der Waals surface area (Å²) in [7, 11) is 1.73. The van der Waals surface area contributed by atoms with E-state index in [4.69, 9.17) is 27.9 Å². The van der Waals surface area contributed by atoms with Gasteiger partial charge in [-0.1, -0.05) is 23.2 Å². The topological polar surface area (TPSA) is 42.4 Å². The molecule has 1 fully saturated rings. The van der Waals surface area contributed by atoms with Crippen LogP contribution in [0.3, 0.4) is 0 Å². The van der Waals surface area contributed by atoms with Crippen LogP contribution in [-0.4, -0.2) is 42.1 Å². The lowest BCUT2D eigenvalue weighted by Crippen LogP contribution is -2.34. The Morgan fingerprint density at radius 3 is 3.06 bits per heavy atom. The quantitative estimate of drug-likeness (QED) is 0.803. The second-order valence-corrected chi connectivity index (χ2v) is 5.10. The number of hydrogen-bond donors (Lipinski definition) is 0. The highest BCUT2D eigenvalue weighted by Crippen LogP contribution is 2.20. The van der Waals surface area contributed by atoms with Gasteiger partial charge in [0.2, 0.25) is 0 Å². The van der Waals surface area contributed by atoms with Gasteiger partial charge in [0.1, 0.15) is 5.15 Å². The second-order valence-electron chi connectivity index (χ2n) is 4.31. The van der Waals surface area contributed by atoms with Crippen molar-refractivity contribution in [2.45, 2.75) is 18.9 Å². The fourth-order valence-corrected chi connectivity index (χ4v) is 2.30. The Morgan fingerprint density at radius 1 is 1.61 bits per heavy atom. The maximum atomic E-state index is 12.2. The average molecular weight is 289 g/mol. The number of carbonyl (C=O) groups is 1. The summed E-state index contributed by atoms with van der Waals surface area (Å²) in [4.78, 5) is 17.6. The van der Waals surface area contributed by atoms with Crippen LogP contribution in [0.4, 0.5) is 0 Å². The molecule has 98 valence electrons. The van der Waals surface area contributed by atoms with E-state index in [1.54, 1.807) is 11.9 Å². The number of ether oxygens (including phenoxy) is 1. The Morgan fingerprint density at radius 2 is 2.39 bits per heavy atom. The number of rotatable bonds is 3. The molecule has 6 heteroatoms. The molecule has 1 unspecified atom stereocenters. The molecule has 0 bridgehead atoms. The van der Waals surface area contributed by atoms with E-state index in [0.29, 0.717) is 17.1 Å². The minimum atomic E-state index is -0.167. The molecule has 1 saturated heterocycles.